The first-order valence-electron chi connectivity index (χ1n) is 18.7. The second kappa shape index (κ2) is 31.6. The third-order valence-electron chi connectivity index (χ3n) is 7.98. The Morgan fingerprint density at radius 1 is 0.667 bits per heavy atom. The Labute approximate surface area is 293 Å². The summed E-state index contributed by atoms with van der Waals surface area (Å²) in [5, 5.41) is 11.6. The van der Waals surface area contributed by atoms with E-state index in [2.05, 4.69) is 50.3 Å². The molecule has 0 heterocycles. The number of nitrogens with zero attached hydrogens (tertiary/aromatic N) is 1. The summed E-state index contributed by atoms with van der Waals surface area (Å²) in [6.07, 6.45) is 34.6. The normalized spacial score (nSPS) is 13.6. The number of esters is 2. The van der Waals surface area contributed by atoms with Crippen molar-refractivity contribution in [1.29, 1.82) is 0 Å². The van der Waals surface area contributed by atoms with Gasteiger partial charge in [0.2, 0.25) is 0 Å². The van der Waals surface area contributed by atoms with Crippen LogP contribution in [-0.4, -0.2) is 75.5 Å². The number of rotatable bonds is 32. The van der Waals surface area contributed by atoms with Gasteiger partial charge in [0, 0.05) is 12.8 Å². The number of quaternary nitrogens is 1. The molecule has 0 saturated heterocycles. The van der Waals surface area contributed by atoms with Gasteiger partial charge in [-0.3, -0.25) is 9.59 Å². The summed E-state index contributed by atoms with van der Waals surface area (Å²) in [6.45, 7) is 4.39. The lowest BCUT2D eigenvalue weighted by atomic mass is 10.1. The van der Waals surface area contributed by atoms with Crippen LogP contribution in [0, 0.1) is 0 Å². The molecule has 0 saturated carbocycles. The average Bonchev–Trinajstić information content (AvgIpc) is 3.03. The third-order valence-corrected chi connectivity index (χ3v) is 7.98. The molecule has 0 radical (unpaired) electrons. The predicted molar refractivity (Wildman–Crippen MR) is 194 cm³/mol. The first-order valence-corrected chi connectivity index (χ1v) is 18.7. The van der Waals surface area contributed by atoms with Crippen LogP contribution in [-0.2, 0) is 28.6 Å². The Kier molecular flexibility index (Phi) is 29.8. The van der Waals surface area contributed by atoms with Crippen molar-refractivity contribution in [3.8, 4) is 0 Å². The Hall–Kier alpha value is -2.71. The van der Waals surface area contributed by atoms with Gasteiger partial charge in [-0.2, -0.15) is 0 Å². The van der Waals surface area contributed by atoms with E-state index in [4.69, 9.17) is 14.2 Å². The minimum atomic E-state index is -1.14. The summed E-state index contributed by atoms with van der Waals surface area (Å²) in [4.78, 5) is 36.5. The van der Waals surface area contributed by atoms with Crippen molar-refractivity contribution >= 4 is 17.9 Å². The lowest BCUT2D eigenvalue weighted by Gasteiger charge is -2.34. The van der Waals surface area contributed by atoms with Crippen molar-refractivity contribution < 1.29 is 38.2 Å². The van der Waals surface area contributed by atoms with Crippen LogP contribution in [0.3, 0.4) is 0 Å². The third kappa shape index (κ3) is 29.4. The minimum Gasteiger partial charge on any atom is -0.544 e. The molecule has 276 valence electrons. The molecular weight excluding hydrogens is 606 g/mol. The SMILES string of the molecule is CC/C=C/C/C=C/C/C=C/CC(=O)OCC(COCCC(C(=O)[O-])[N+](C)(C)C)OC(=O)CCCCCCCCC/C=C/CCCCCC. The van der Waals surface area contributed by atoms with Crippen molar-refractivity contribution in [3.05, 3.63) is 48.6 Å². The zero-order valence-corrected chi connectivity index (χ0v) is 31.1. The highest BCUT2D eigenvalue weighted by atomic mass is 16.6. The number of aliphatic carboxylic acids is 1. The standard InChI is InChI=1S/C40H69NO7/c1-6-8-10-12-14-16-17-18-19-20-21-23-25-27-29-31-39(43)48-36(34-46-33-32-37(40(44)45)41(3,4)5)35-47-38(42)30-28-26-24-22-15-13-11-9-7-2/h9,11,15-17,22,26,28,36-37H,6-8,10,12-14,18-21,23-25,27,29-35H2,1-5H3/b11-9+,17-16+,22-15+,28-26+. The summed E-state index contributed by atoms with van der Waals surface area (Å²) in [5.41, 5.74) is 0. The van der Waals surface area contributed by atoms with E-state index in [-0.39, 0.29) is 43.1 Å². The van der Waals surface area contributed by atoms with Crippen LogP contribution in [0.1, 0.15) is 136 Å². The summed E-state index contributed by atoms with van der Waals surface area (Å²) in [7, 11) is 5.36. The Morgan fingerprint density at radius 3 is 1.81 bits per heavy atom. The van der Waals surface area contributed by atoms with E-state index < -0.39 is 24.1 Å². The number of allylic oxidation sites excluding steroid dienone is 7. The molecule has 0 aliphatic carbocycles. The van der Waals surface area contributed by atoms with Gasteiger partial charge in [0.1, 0.15) is 12.6 Å². The zero-order chi connectivity index (χ0) is 35.7. The van der Waals surface area contributed by atoms with Gasteiger partial charge in [0.15, 0.2) is 6.10 Å². The molecule has 0 spiro atoms. The van der Waals surface area contributed by atoms with E-state index in [1.54, 1.807) is 27.2 Å². The summed E-state index contributed by atoms with van der Waals surface area (Å²) in [5.74, 6) is -1.90. The van der Waals surface area contributed by atoms with Crippen molar-refractivity contribution in [2.45, 2.75) is 148 Å². The Morgan fingerprint density at radius 2 is 1.23 bits per heavy atom. The minimum absolute atomic E-state index is 0.0110. The molecule has 0 aromatic rings. The molecule has 48 heavy (non-hydrogen) atoms. The number of carbonyl (C=O) groups excluding carboxylic acids is 3. The number of carboxylic acid groups (broad SMARTS) is 1. The molecule has 0 fully saturated rings. The lowest BCUT2D eigenvalue weighted by Crippen LogP contribution is -2.55. The van der Waals surface area contributed by atoms with Crippen molar-refractivity contribution in [2.24, 2.45) is 0 Å². The highest BCUT2D eigenvalue weighted by molar-refractivity contribution is 5.71. The first kappa shape index (κ1) is 45.3. The lowest BCUT2D eigenvalue weighted by molar-refractivity contribution is -0.889. The molecule has 8 nitrogen and oxygen atoms in total. The van der Waals surface area contributed by atoms with Crippen LogP contribution in [0.4, 0.5) is 0 Å². The molecule has 0 N–H and O–H groups in total. The molecule has 0 aliphatic heterocycles. The highest BCUT2D eigenvalue weighted by Gasteiger charge is 2.25. The van der Waals surface area contributed by atoms with Crippen LogP contribution in [0.5, 0.6) is 0 Å². The number of hydrogen-bond acceptors (Lipinski definition) is 7. The monoisotopic (exact) mass is 676 g/mol. The van der Waals surface area contributed by atoms with Gasteiger partial charge in [-0.1, -0.05) is 114 Å². The fraction of sp³-hybridized carbons (Fsp3) is 0.725. The highest BCUT2D eigenvalue weighted by Crippen LogP contribution is 2.12. The van der Waals surface area contributed by atoms with Crippen LogP contribution in [0.2, 0.25) is 0 Å². The maximum atomic E-state index is 12.6. The maximum Gasteiger partial charge on any atom is 0.309 e. The number of likely N-dealkylation sites (N-methyl/N-ethyl adjacent to an activating group) is 1. The molecule has 0 bridgehead atoms. The topological polar surface area (TPSA) is 102 Å². The second-order valence-electron chi connectivity index (χ2n) is 13.4. The number of carbonyl (C=O) groups is 3. The van der Waals surface area contributed by atoms with Gasteiger partial charge in [-0.25, -0.2) is 0 Å². The van der Waals surface area contributed by atoms with E-state index in [0.717, 1.165) is 38.5 Å². The van der Waals surface area contributed by atoms with Gasteiger partial charge in [0.05, 0.1) is 46.7 Å². The summed E-state index contributed by atoms with van der Waals surface area (Å²) < 4.78 is 16.9. The van der Waals surface area contributed by atoms with E-state index in [1.165, 1.54) is 64.2 Å². The van der Waals surface area contributed by atoms with Crippen LogP contribution in [0.15, 0.2) is 48.6 Å². The van der Waals surface area contributed by atoms with E-state index in [0.29, 0.717) is 6.42 Å². The molecular formula is C40H69NO7. The molecule has 0 rings (SSSR count). The van der Waals surface area contributed by atoms with E-state index in [9.17, 15) is 19.5 Å². The fourth-order valence-electron chi connectivity index (χ4n) is 5.07. The van der Waals surface area contributed by atoms with Gasteiger partial charge >= 0.3 is 11.9 Å². The quantitative estimate of drug-likeness (QED) is 0.0309. The van der Waals surface area contributed by atoms with Crippen molar-refractivity contribution in [3.63, 3.8) is 0 Å². The number of hydrogen-bond donors (Lipinski definition) is 0. The number of unbranched alkanes of at least 4 members (excludes halogenated alkanes) is 11. The van der Waals surface area contributed by atoms with Gasteiger partial charge in [-0.15, -0.1) is 0 Å². The van der Waals surface area contributed by atoms with Crippen molar-refractivity contribution in [2.75, 3.05) is 41.0 Å². The second-order valence-corrected chi connectivity index (χ2v) is 13.4. The summed E-state index contributed by atoms with van der Waals surface area (Å²) in [6, 6.07) is -0.736. The fourth-order valence-corrected chi connectivity index (χ4v) is 5.07. The summed E-state index contributed by atoms with van der Waals surface area (Å²) >= 11 is 0. The largest absolute Gasteiger partial charge is 0.544 e. The maximum absolute atomic E-state index is 12.6. The zero-order valence-electron chi connectivity index (χ0n) is 31.1. The Balaban J connectivity index is 4.49. The molecule has 0 aromatic heterocycles. The van der Waals surface area contributed by atoms with Crippen LogP contribution >= 0.6 is 0 Å². The number of ether oxygens (including phenoxy) is 3. The van der Waals surface area contributed by atoms with Gasteiger partial charge in [0.25, 0.3) is 0 Å². The van der Waals surface area contributed by atoms with E-state index >= 15 is 0 Å². The number of carboxylic acids is 1. The van der Waals surface area contributed by atoms with Crippen molar-refractivity contribution in [1.82, 2.24) is 0 Å². The molecule has 0 amide bonds. The van der Waals surface area contributed by atoms with Crippen LogP contribution in [0.25, 0.3) is 0 Å². The average molecular weight is 676 g/mol. The van der Waals surface area contributed by atoms with E-state index in [1.807, 2.05) is 6.08 Å². The molecule has 2 unspecified atom stereocenters. The van der Waals surface area contributed by atoms with Gasteiger partial charge < -0.3 is 28.6 Å². The first-order chi connectivity index (χ1) is 23.1. The van der Waals surface area contributed by atoms with Crippen LogP contribution < -0.4 is 5.11 Å². The molecule has 0 aromatic carbocycles. The molecule has 0 aliphatic rings. The Bertz CT molecular complexity index is 932. The molecule has 2 atom stereocenters. The predicted octanol–water partition coefficient (Wildman–Crippen LogP) is 7.96. The van der Waals surface area contributed by atoms with Gasteiger partial charge in [-0.05, 0) is 51.4 Å². The molecule has 8 heteroatoms. The smallest absolute Gasteiger partial charge is 0.309 e.